The first kappa shape index (κ1) is 11.0. The van der Waals surface area contributed by atoms with Crippen molar-refractivity contribution in [1.29, 1.82) is 0 Å². The Morgan fingerprint density at radius 3 is 2.33 bits per heavy atom. The Hall–Kier alpha value is -2.17. The number of rotatable bonds is 1. The smallest absolute Gasteiger partial charge is 0.263 e. The Morgan fingerprint density at radius 1 is 0.944 bits per heavy atom. The number of aliphatic imine (C=N–C) groups is 2. The van der Waals surface area contributed by atoms with Gasteiger partial charge in [0.2, 0.25) is 0 Å². The zero-order chi connectivity index (χ0) is 12.8. The fraction of sp³-hybridized carbons (Fsp3) is 0.0769. The second kappa shape index (κ2) is 3.66. The van der Waals surface area contributed by atoms with Crippen LogP contribution in [0.1, 0.15) is 11.1 Å². The van der Waals surface area contributed by atoms with Crippen LogP contribution in [0.5, 0.6) is 0 Å². The summed E-state index contributed by atoms with van der Waals surface area (Å²) in [5.74, 6) is 0. The van der Waals surface area contributed by atoms with E-state index in [4.69, 9.17) is 0 Å². The number of fused-ring (bicyclic) bond motifs is 1. The van der Waals surface area contributed by atoms with Crippen LogP contribution in [0, 0.1) is 0 Å². The fourth-order valence-electron chi connectivity index (χ4n) is 1.89. The molecule has 0 spiro atoms. The van der Waals surface area contributed by atoms with Gasteiger partial charge in [-0.25, -0.2) is 0 Å². The molecule has 0 radical (unpaired) electrons. The summed E-state index contributed by atoms with van der Waals surface area (Å²) in [5, 5.41) is 0. The summed E-state index contributed by atoms with van der Waals surface area (Å²) in [6, 6.07) is 4.98. The summed E-state index contributed by atoms with van der Waals surface area (Å²) in [5.41, 5.74) is 2.41. The van der Waals surface area contributed by atoms with Crippen LogP contribution >= 0.6 is 0 Å². The van der Waals surface area contributed by atoms with Gasteiger partial charge in [-0.15, -0.1) is 0 Å². The minimum atomic E-state index is -4.31. The van der Waals surface area contributed by atoms with Gasteiger partial charge in [-0.2, -0.15) is 13.2 Å². The van der Waals surface area contributed by atoms with E-state index in [2.05, 4.69) is 9.98 Å². The summed E-state index contributed by atoms with van der Waals surface area (Å²) < 4.78 is 37.3. The van der Waals surface area contributed by atoms with Crippen LogP contribution in [-0.2, 0) is 6.18 Å². The molecule has 5 heteroatoms. The van der Waals surface area contributed by atoms with Gasteiger partial charge in [0.1, 0.15) is 0 Å². The van der Waals surface area contributed by atoms with Gasteiger partial charge >= 0.3 is 6.18 Å². The van der Waals surface area contributed by atoms with Gasteiger partial charge in [0.15, 0.2) is 0 Å². The van der Waals surface area contributed by atoms with E-state index in [1.54, 1.807) is 18.6 Å². The lowest BCUT2D eigenvalue weighted by Crippen LogP contribution is -2.04. The van der Waals surface area contributed by atoms with Crippen molar-refractivity contribution in [3.8, 4) is 0 Å². The summed E-state index contributed by atoms with van der Waals surface area (Å²) >= 11 is 0. The summed E-state index contributed by atoms with van der Waals surface area (Å²) in [4.78, 5) is 8.18. The predicted octanol–water partition coefficient (Wildman–Crippen LogP) is 3.47. The molecule has 0 atom stereocenters. The summed E-state index contributed by atoms with van der Waals surface area (Å²) in [7, 11) is 0. The molecule has 2 heterocycles. The monoisotopic (exact) mass is 248 g/mol. The van der Waals surface area contributed by atoms with Gasteiger partial charge in [0, 0.05) is 35.3 Å². The molecule has 90 valence electrons. The highest BCUT2D eigenvalue weighted by Gasteiger charge is 2.30. The molecule has 0 saturated heterocycles. The van der Waals surface area contributed by atoms with E-state index in [1.165, 1.54) is 12.1 Å². The lowest BCUT2D eigenvalue weighted by atomic mass is 10.0. The van der Waals surface area contributed by atoms with Gasteiger partial charge in [-0.05, 0) is 12.1 Å². The Kier molecular flexibility index (Phi) is 2.23. The minimum Gasteiger partial charge on any atom is -0.263 e. The second-order valence-electron chi connectivity index (χ2n) is 3.96. The molecule has 1 aromatic rings. The minimum absolute atomic E-state index is 0.658. The lowest BCUT2D eigenvalue weighted by molar-refractivity contribution is -0.137. The van der Waals surface area contributed by atoms with Gasteiger partial charge < -0.3 is 0 Å². The molecule has 2 aliphatic heterocycles. The van der Waals surface area contributed by atoms with Crippen LogP contribution in [0.4, 0.5) is 13.2 Å². The number of halogens is 3. The molecule has 0 fully saturated rings. The first-order valence-corrected chi connectivity index (χ1v) is 5.25. The quantitative estimate of drug-likeness (QED) is 0.727. The Bertz CT molecular complexity index is 617. The highest BCUT2D eigenvalue weighted by molar-refractivity contribution is 6.12. The maximum atomic E-state index is 12.4. The molecule has 1 aromatic carbocycles. The van der Waals surface area contributed by atoms with E-state index in [0.717, 1.165) is 23.3 Å². The van der Waals surface area contributed by atoms with Crippen molar-refractivity contribution < 1.29 is 13.2 Å². The number of allylic oxidation sites excluding steroid dienone is 2. The van der Waals surface area contributed by atoms with E-state index in [-0.39, 0.29) is 0 Å². The molecule has 3 rings (SSSR count). The van der Waals surface area contributed by atoms with Gasteiger partial charge in [-0.1, -0.05) is 12.1 Å². The Balaban J connectivity index is 2.00. The highest BCUT2D eigenvalue weighted by Crippen LogP contribution is 2.33. The van der Waals surface area contributed by atoms with Gasteiger partial charge in [-0.3, -0.25) is 9.98 Å². The maximum absolute atomic E-state index is 12.4. The molecule has 2 aliphatic rings. The van der Waals surface area contributed by atoms with Crippen LogP contribution in [0.3, 0.4) is 0 Å². The van der Waals surface area contributed by atoms with Crippen molar-refractivity contribution in [3.63, 3.8) is 0 Å². The zero-order valence-corrected chi connectivity index (χ0v) is 9.07. The Morgan fingerprint density at radius 2 is 1.67 bits per heavy atom. The number of hydrogen-bond donors (Lipinski definition) is 0. The van der Waals surface area contributed by atoms with Crippen molar-refractivity contribution in [2.24, 2.45) is 9.98 Å². The largest absolute Gasteiger partial charge is 0.416 e. The van der Waals surface area contributed by atoms with Crippen LogP contribution < -0.4 is 0 Å². The summed E-state index contributed by atoms with van der Waals surface area (Å²) in [6.45, 7) is 0. The third-order valence-corrected chi connectivity index (χ3v) is 2.80. The molecule has 2 nitrogen and oxygen atoms in total. The zero-order valence-electron chi connectivity index (χ0n) is 9.07. The molecule has 0 aromatic heterocycles. The molecule has 0 amide bonds. The van der Waals surface area contributed by atoms with E-state index < -0.39 is 11.7 Å². The number of benzene rings is 1. The third kappa shape index (κ3) is 1.68. The molecule has 18 heavy (non-hydrogen) atoms. The maximum Gasteiger partial charge on any atom is 0.416 e. The first-order valence-electron chi connectivity index (χ1n) is 5.25. The normalized spacial score (nSPS) is 17.4. The first-order chi connectivity index (χ1) is 8.55. The van der Waals surface area contributed by atoms with Gasteiger partial charge in [0.25, 0.3) is 0 Å². The molecule has 0 aliphatic carbocycles. The number of alkyl halides is 3. The number of nitrogens with zero attached hydrogens (tertiary/aromatic N) is 2. The second-order valence-corrected chi connectivity index (χ2v) is 3.96. The molecule has 0 bridgehead atoms. The average Bonchev–Trinajstić information content (AvgIpc) is 2.89. The number of hydrogen-bond acceptors (Lipinski definition) is 2. The molecule has 0 N–H and O–H groups in total. The molecule has 0 saturated carbocycles. The molecular weight excluding hydrogens is 241 g/mol. The van der Waals surface area contributed by atoms with E-state index in [0.29, 0.717) is 11.3 Å². The van der Waals surface area contributed by atoms with Gasteiger partial charge in [0.05, 0.1) is 11.3 Å². The van der Waals surface area contributed by atoms with Crippen LogP contribution in [0.2, 0.25) is 0 Å². The van der Waals surface area contributed by atoms with Crippen molar-refractivity contribution in [2.45, 2.75) is 6.18 Å². The van der Waals surface area contributed by atoms with Crippen molar-refractivity contribution in [2.75, 3.05) is 0 Å². The van der Waals surface area contributed by atoms with Crippen LogP contribution in [0.25, 0.3) is 5.70 Å². The van der Waals surface area contributed by atoms with Crippen LogP contribution in [0.15, 0.2) is 51.6 Å². The van der Waals surface area contributed by atoms with Crippen molar-refractivity contribution in [3.05, 3.63) is 52.7 Å². The average molecular weight is 248 g/mol. The fourth-order valence-corrected chi connectivity index (χ4v) is 1.89. The van der Waals surface area contributed by atoms with Crippen molar-refractivity contribution >= 4 is 18.1 Å². The van der Waals surface area contributed by atoms with Crippen LogP contribution in [-0.4, -0.2) is 12.4 Å². The van der Waals surface area contributed by atoms with E-state index in [1.807, 2.05) is 0 Å². The topological polar surface area (TPSA) is 24.7 Å². The SMILES string of the molecule is FC(F)(F)c1ccc(C2=C3C=NC=C3C=N2)cc1. The lowest BCUT2D eigenvalue weighted by Gasteiger charge is -2.07. The molecular formula is C13H7F3N2. The van der Waals surface area contributed by atoms with Crippen molar-refractivity contribution in [1.82, 2.24) is 0 Å². The highest BCUT2D eigenvalue weighted by atomic mass is 19.4. The van der Waals surface area contributed by atoms with E-state index >= 15 is 0 Å². The standard InChI is InChI=1S/C13H7F3N2/c14-13(15,16)10-3-1-8(2-4-10)12-11-7-17-5-9(11)6-18-12/h1-7H. The van der Waals surface area contributed by atoms with E-state index in [9.17, 15) is 13.2 Å². The predicted molar refractivity (Wildman–Crippen MR) is 63.4 cm³/mol. The molecule has 0 unspecified atom stereocenters. The summed E-state index contributed by atoms with van der Waals surface area (Å²) in [6.07, 6.45) is 0.690. The Labute approximate surface area is 101 Å². The third-order valence-electron chi connectivity index (χ3n) is 2.80.